The van der Waals surface area contributed by atoms with E-state index in [0.717, 1.165) is 0 Å². The van der Waals surface area contributed by atoms with Gasteiger partial charge in [-0.15, -0.1) is 0 Å². The molecular formula is C13H14N2O4. The second-order valence-electron chi connectivity index (χ2n) is 3.78. The lowest BCUT2D eigenvalue weighted by atomic mass is 10.1. The molecule has 0 atom stereocenters. The van der Waals surface area contributed by atoms with Crippen molar-refractivity contribution in [1.82, 2.24) is 10.2 Å². The summed E-state index contributed by atoms with van der Waals surface area (Å²) >= 11 is 0. The van der Waals surface area contributed by atoms with Gasteiger partial charge in [0.1, 0.15) is 6.61 Å². The first kappa shape index (κ1) is 13.2. The van der Waals surface area contributed by atoms with E-state index in [4.69, 9.17) is 9.47 Å². The van der Waals surface area contributed by atoms with E-state index < -0.39 is 5.97 Å². The molecule has 6 heteroatoms. The number of aromatic nitrogens is 2. The van der Waals surface area contributed by atoms with Gasteiger partial charge in [-0.1, -0.05) is 18.2 Å². The van der Waals surface area contributed by atoms with E-state index in [1.54, 1.807) is 24.3 Å². The minimum atomic E-state index is -0.577. The third kappa shape index (κ3) is 2.97. The van der Waals surface area contributed by atoms with Crippen LogP contribution in [0.2, 0.25) is 0 Å². The van der Waals surface area contributed by atoms with Gasteiger partial charge >= 0.3 is 5.97 Å². The second-order valence-corrected chi connectivity index (χ2v) is 3.78. The number of esters is 1. The molecule has 0 aliphatic carbocycles. The van der Waals surface area contributed by atoms with Gasteiger partial charge in [0.2, 0.25) is 0 Å². The minimum Gasteiger partial charge on any atom is -0.458 e. The predicted molar refractivity (Wildman–Crippen MR) is 69.1 cm³/mol. The number of hydrogen-bond acceptors (Lipinski definition) is 5. The molecule has 1 N–H and O–H groups in total. The average molecular weight is 262 g/mol. The summed E-state index contributed by atoms with van der Waals surface area (Å²) in [5, 5.41) is 6.93. The Bertz CT molecular complexity index is 636. The third-order valence-corrected chi connectivity index (χ3v) is 2.55. The highest BCUT2D eigenvalue weighted by Crippen LogP contribution is 2.13. The highest BCUT2D eigenvalue weighted by atomic mass is 16.6. The molecule has 0 saturated heterocycles. The Morgan fingerprint density at radius 1 is 1.26 bits per heavy atom. The Hall–Kier alpha value is -2.21. The van der Waals surface area contributed by atoms with Crippen LogP contribution in [0.4, 0.5) is 0 Å². The molecule has 0 aliphatic rings. The van der Waals surface area contributed by atoms with Crippen molar-refractivity contribution in [2.45, 2.75) is 6.92 Å². The van der Waals surface area contributed by atoms with Gasteiger partial charge in [-0.3, -0.25) is 4.79 Å². The van der Waals surface area contributed by atoms with Crippen LogP contribution >= 0.6 is 0 Å². The fourth-order valence-electron chi connectivity index (χ4n) is 1.68. The number of nitrogens with one attached hydrogen (secondary N) is 1. The van der Waals surface area contributed by atoms with Crippen molar-refractivity contribution >= 4 is 16.7 Å². The molecule has 1 aromatic heterocycles. The van der Waals surface area contributed by atoms with E-state index in [2.05, 4.69) is 10.2 Å². The number of hydrogen-bond donors (Lipinski definition) is 1. The van der Waals surface area contributed by atoms with E-state index in [1.807, 2.05) is 6.92 Å². The number of nitrogens with zero attached hydrogens (tertiary/aromatic N) is 1. The zero-order chi connectivity index (χ0) is 13.7. The molecule has 0 spiro atoms. The Morgan fingerprint density at radius 2 is 2.00 bits per heavy atom. The average Bonchev–Trinajstić information content (AvgIpc) is 2.44. The molecule has 19 heavy (non-hydrogen) atoms. The Morgan fingerprint density at radius 3 is 2.74 bits per heavy atom. The van der Waals surface area contributed by atoms with E-state index in [-0.39, 0.29) is 17.9 Å². The van der Waals surface area contributed by atoms with Gasteiger partial charge in [-0.05, 0) is 13.0 Å². The molecule has 0 saturated carbocycles. The van der Waals surface area contributed by atoms with Gasteiger partial charge in [0.15, 0.2) is 5.69 Å². The summed E-state index contributed by atoms with van der Waals surface area (Å²) in [5.41, 5.74) is -0.229. The number of H-pyrrole nitrogens is 1. The zero-order valence-electron chi connectivity index (χ0n) is 10.5. The largest absolute Gasteiger partial charge is 0.458 e. The number of rotatable bonds is 5. The third-order valence-electron chi connectivity index (χ3n) is 2.55. The summed E-state index contributed by atoms with van der Waals surface area (Å²) in [4.78, 5) is 23.4. The van der Waals surface area contributed by atoms with Crippen LogP contribution in [0.25, 0.3) is 10.8 Å². The Labute approximate surface area is 109 Å². The number of carbonyl (C=O) groups is 1. The Kier molecular flexibility index (Phi) is 4.25. The van der Waals surface area contributed by atoms with Gasteiger partial charge < -0.3 is 9.47 Å². The number of fused-ring (bicyclic) bond motifs is 1. The lowest BCUT2D eigenvalue weighted by Crippen LogP contribution is -2.17. The molecule has 100 valence electrons. The molecule has 0 radical (unpaired) electrons. The molecule has 0 fully saturated rings. The van der Waals surface area contributed by atoms with Crippen LogP contribution in [-0.4, -0.2) is 36.0 Å². The van der Waals surface area contributed by atoms with Crippen LogP contribution in [0.3, 0.4) is 0 Å². The lowest BCUT2D eigenvalue weighted by molar-refractivity contribution is 0.0330. The summed E-state index contributed by atoms with van der Waals surface area (Å²) in [5.74, 6) is -0.577. The maximum atomic E-state index is 11.9. The van der Waals surface area contributed by atoms with Gasteiger partial charge in [0, 0.05) is 12.0 Å². The van der Waals surface area contributed by atoms with Crippen LogP contribution in [0.5, 0.6) is 0 Å². The highest BCUT2D eigenvalue weighted by molar-refractivity contribution is 6.01. The van der Waals surface area contributed by atoms with Crippen LogP contribution in [0.1, 0.15) is 17.4 Å². The van der Waals surface area contributed by atoms with E-state index >= 15 is 0 Å². The monoisotopic (exact) mass is 262 g/mol. The number of carbonyl (C=O) groups excluding carboxylic acids is 1. The standard InChI is InChI=1S/C13H14N2O4/c1-2-18-7-8-19-13(17)11-9-5-3-4-6-10(9)12(16)15-14-11/h3-6H,2,7-8H2,1H3,(H,15,16). The normalized spacial score (nSPS) is 10.6. The molecule has 2 rings (SSSR count). The fraction of sp³-hybridized carbons (Fsp3) is 0.308. The van der Waals surface area contributed by atoms with Crippen molar-refractivity contribution in [3.05, 3.63) is 40.3 Å². The number of ether oxygens (including phenoxy) is 2. The first-order chi connectivity index (χ1) is 9.24. The summed E-state index contributed by atoms with van der Waals surface area (Å²) in [7, 11) is 0. The van der Waals surface area contributed by atoms with Crippen LogP contribution in [0.15, 0.2) is 29.1 Å². The van der Waals surface area contributed by atoms with Gasteiger partial charge in [0.25, 0.3) is 5.56 Å². The molecule has 1 heterocycles. The van der Waals surface area contributed by atoms with Gasteiger partial charge in [0.05, 0.1) is 12.0 Å². The van der Waals surface area contributed by atoms with Crippen molar-refractivity contribution in [3.63, 3.8) is 0 Å². The molecule has 6 nitrogen and oxygen atoms in total. The Balaban J connectivity index is 2.23. The van der Waals surface area contributed by atoms with Crippen molar-refractivity contribution < 1.29 is 14.3 Å². The molecule has 0 amide bonds. The van der Waals surface area contributed by atoms with Crippen LogP contribution in [-0.2, 0) is 9.47 Å². The summed E-state index contributed by atoms with van der Waals surface area (Å²) in [6.07, 6.45) is 0. The highest BCUT2D eigenvalue weighted by Gasteiger charge is 2.14. The summed E-state index contributed by atoms with van der Waals surface area (Å²) < 4.78 is 10.1. The minimum absolute atomic E-state index is 0.103. The predicted octanol–water partition coefficient (Wildman–Crippen LogP) is 1.12. The van der Waals surface area contributed by atoms with E-state index in [9.17, 15) is 9.59 Å². The van der Waals surface area contributed by atoms with Gasteiger partial charge in [-0.25, -0.2) is 9.89 Å². The summed E-state index contributed by atoms with van der Waals surface area (Å²) in [6, 6.07) is 6.76. The lowest BCUT2D eigenvalue weighted by Gasteiger charge is -2.06. The SMILES string of the molecule is CCOCCOC(=O)c1n[nH]c(=O)c2ccccc12. The second kappa shape index (κ2) is 6.10. The van der Waals surface area contributed by atoms with Crippen molar-refractivity contribution in [1.29, 1.82) is 0 Å². The zero-order valence-corrected chi connectivity index (χ0v) is 10.5. The molecule has 0 bridgehead atoms. The first-order valence-corrected chi connectivity index (χ1v) is 5.96. The molecular weight excluding hydrogens is 248 g/mol. The number of benzene rings is 1. The quantitative estimate of drug-likeness (QED) is 0.645. The summed E-state index contributed by atoms with van der Waals surface area (Å²) in [6.45, 7) is 2.92. The maximum absolute atomic E-state index is 11.9. The molecule has 1 aromatic carbocycles. The topological polar surface area (TPSA) is 81.3 Å². The van der Waals surface area contributed by atoms with E-state index in [0.29, 0.717) is 24.0 Å². The molecule has 0 aliphatic heterocycles. The van der Waals surface area contributed by atoms with Crippen molar-refractivity contribution in [3.8, 4) is 0 Å². The van der Waals surface area contributed by atoms with Crippen LogP contribution in [0, 0.1) is 0 Å². The number of aromatic amines is 1. The molecule has 2 aromatic rings. The van der Waals surface area contributed by atoms with E-state index in [1.165, 1.54) is 0 Å². The smallest absolute Gasteiger partial charge is 0.359 e. The van der Waals surface area contributed by atoms with Crippen LogP contribution < -0.4 is 5.56 Å². The molecule has 0 unspecified atom stereocenters. The van der Waals surface area contributed by atoms with Crippen molar-refractivity contribution in [2.24, 2.45) is 0 Å². The first-order valence-electron chi connectivity index (χ1n) is 5.96. The van der Waals surface area contributed by atoms with Gasteiger partial charge in [-0.2, -0.15) is 5.10 Å². The maximum Gasteiger partial charge on any atom is 0.359 e. The fourth-order valence-corrected chi connectivity index (χ4v) is 1.68. The van der Waals surface area contributed by atoms with Crippen molar-refractivity contribution in [2.75, 3.05) is 19.8 Å².